The molecule has 0 saturated carbocycles. The maximum Gasteiger partial charge on any atom is 0.338 e. The van der Waals surface area contributed by atoms with Gasteiger partial charge in [0.25, 0.3) is 0 Å². The van der Waals surface area contributed by atoms with Gasteiger partial charge in [0.15, 0.2) is 5.82 Å². The molecule has 0 spiro atoms. The van der Waals surface area contributed by atoms with Crippen LogP contribution in [0.15, 0.2) is 29.1 Å². The number of nitrogens with zero attached hydrogens (tertiary/aromatic N) is 2. The first-order chi connectivity index (χ1) is 9.58. The van der Waals surface area contributed by atoms with Crippen molar-refractivity contribution in [1.82, 2.24) is 15.5 Å². The second kappa shape index (κ2) is 5.83. The Labute approximate surface area is 113 Å². The Morgan fingerprint density at radius 3 is 2.85 bits per heavy atom. The molecule has 1 aromatic heterocycles. The van der Waals surface area contributed by atoms with Crippen molar-refractivity contribution in [3.63, 3.8) is 0 Å². The van der Waals surface area contributed by atoms with Gasteiger partial charge in [-0.3, -0.25) is 0 Å². The normalized spacial score (nSPS) is 10.1. The minimum Gasteiger partial charge on any atom is -0.478 e. The van der Waals surface area contributed by atoms with E-state index in [-0.39, 0.29) is 17.8 Å². The van der Waals surface area contributed by atoms with E-state index in [0.29, 0.717) is 11.4 Å². The number of carboxylic acid groups (broad SMARTS) is 1. The predicted octanol–water partition coefficient (Wildman–Crippen LogP) is 1.40. The molecule has 1 aromatic carbocycles. The van der Waals surface area contributed by atoms with Crippen LogP contribution < -0.4 is 10.6 Å². The van der Waals surface area contributed by atoms with E-state index in [1.54, 1.807) is 19.1 Å². The smallest absolute Gasteiger partial charge is 0.338 e. The third-order valence-corrected chi connectivity index (χ3v) is 2.55. The number of carbonyl (C=O) groups is 2. The van der Waals surface area contributed by atoms with Crippen molar-refractivity contribution in [3.8, 4) is 0 Å². The van der Waals surface area contributed by atoms with Crippen LogP contribution in [0.25, 0.3) is 0 Å². The summed E-state index contributed by atoms with van der Waals surface area (Å²) in [5.74, 6) is -0.778. The van der Waals surface area contributed by atoms with Gasteiger partial charge in [-0.1, -0.05) is 17.3 Å². The summed E-state index contributed by atoms with van der Waals surface area (Å²) < 4.78 is 4.52. The molecule has 0 aliphatic rings. The number of amides is 2. The third-order valence-electron chi connectivity index (χ3n) is 2.55. The quantitative estimate of drug-likeness (QED) is 0.776. The molecule has 20 heavy (non-hydrogen) atoms. The Kier molecular flexibility index (Phi) is 3.94. The Morgan fingerprint density at radius 1 is 1.40 bits per heavy atom. The van der Waals surface area contributed by atoms with Crippen LogP contribution in [0.1, 0.15) is 21.7 Å². The van der Waals surface area contributed by atoms with Crippen molar-refractivity contribution >= 4 is 17.7 Å². The molecule has 104 valence electrons. The number of nitrogens with one attached hydrogen (secondary N) is 2. The topological polar surface area (TPSA) is 117 Å². The number of aromatic carboxylic acids is 1. The van der Waals surface area contributed by atoms with E-state index in [9.17, 15) is 9.59 Å². The fraction of sp³-hybridized carbons (Fsp3) is 0.167. The van der Waals surface area contributed by atoms with E-state index >= 15 is 0 Å². The Balaban J connectivity index is 2.04. The number of anilines is 1. The lowest BCUT2D eigenvalue weighted by molar-refractivity contribution is 0.0697. The lowest BCUT2D eigenvalue weighted by Gasteiger charge is -2.10. The number of hydrogen-bond donors (Lipinski definition) is 3. The SMILES string of the molecule is Cc1cccc(NC(=O)NCc2ncon2)c1C(=O)O. The van der Waals surface area contributed by atoms with Crippen molar-refractivity contribution in [1.29, 1.82) is 0 Å². The van der Waals surface area contributed by atoms with Crippen molar-refractivity contribution < 1.29 is 19.2 Å². The fourth-order valence-corrected chi connectivity index (χ4v) is 1.65. The van der Waals surface area contributed by atoms with Crippen molar-refractivity contribution in [2.75, 3.05) is 5.32 Å². The van der Waals surface area contributed by atoms with Gasteiger partial charge < -0.3 is 20.3 Å². The Morgan fingerprint density at radius 2 is 2.20 bits per heavy atom. The summed E-state index contributed by atoms with van der Waals surface area (Å²) >= 11 is 0. The lowest BCUT2D eigenvalue weighted by atomic mass is 10.1. The van der Waals surface area contributed by atoms with Gasteiger partial charge in [0.2, 0.25) is 6.39 Å². The molecule has 0 aliphatic carbocycles. The zero-order valence-corrected chi connectivity index (χ0v) is 10.6. The number of carboxylic acids is 1. The number of urea groups is 1. The van der Waals surface area contributed by atoms with Crippen LogP contribution in [0, 0.1) is 6.92 Å². The molecular formula is C12H12N4O4. The van der Waals surface area contributed by atoms with Crippen LogP contribution in [0.2, 0.25) is 0 Å². The highest BCUT2D eigenvalue weighted by Crippen LogP contribution is 2.19. The molecule has 0 radical (unpaired) electrons. The van der Waals surface area contributed by atoms with Crippen LogP contribution in [0.4, 0.5) is 10.5 Å². The average molecular weight is 276 g/mol. The molecule has 2 aromatic rings. The summed E-state index contributed by atoms with van der Waals surface area (Å²) in [6, 6.07) is 4.29. The molecule has 0 saturated heterocycles. The van der Waals surface area contributed by atoms with Gasteiger partial charge in [0.05, 0.1) is 17.8 Å². The molecule has 0 atom stereocenters. The number of aromatic nitrogens is 2. The summed E-state index contributed by atoms with van der Waals surface area (Å²) in [7, 11) is 0. The number of rotatable bonds is 4. The van der Waals surface area contributed by atoms with Gasteiger partial charge in [-0.2, -0.15) is 4.98 Å². The summed E-state index contributed by atoms with van der Waals surface area (Å²) in [6.45, 7) is 1.74. The van der Waals surface area contributed by atoms with E-state index in [1.165, 1.54) is 6.07 Å². The molecular weight excluding hydrogens is 264 g/mol. The fourth-order valence-electron chi connectivity index (χ4n) is 1.65. The van der Waals surface area contributed by atoms with E-state index in [4.69, 9.17) is 5.11 Å². The number of aryl methyl sites for hydroxylation is 1. The number of benzene rings is 1. The molecule has 0 aliphatic heterocycles. The molecule has 2 amide bonds. The van der Waals surface area contributed by atoms with Crippen LogP contribution >= 0.6 is 0 Å². The summed E-state index contributed by atoms with van der Waals surface area (Å²) in [5.41, 5.74) is 0.846. The zero-order chi connectivity index (χ0) is 14.5. The summed E-state index contributed by atoms with van der Waals surface area (Å²) in [5, 5.41) is 17.6. The third kappa shape index (κ3) is 3.10. The second-order valence-corrected chi connectivity index (χ2v) is 3.96. The van der Waals surface area contributed by atoms with Gasteiger partial charge in [-0.15, -0.1) is 0 Å². The van der Waals surface area contributed by atoms with Crippen molar-refractivity contribution in [2.24, 2.45) is 0 Å². The Hall–Kier alpha value is -2.90. The maximum absolute atomic E-state index is 11.7. The largest absolute Gasteiger partial charge is 0.478 e. The van der Waals surface area contributed by atoms with Gasteiger partial charge >= 0.3 is 12.0 Å². The van der Waals surface area contributed by atoms with Crippen LogP contribution in [-0.4, -0.2) is 27.2 Å². The van der Waals surface area contributed by atoms with E-state index in [2.05, 4.69) is 25.3 Å². The standard InChI is InChI=1S/C12H12N4O4/c1-7-3-2-4-8(10(7)11(17)18)15-12(19)13-5-9-14-6-20-16-9/h2-4,6H,5H2,1H3,(H,17,18)(H2,13,15,19). The van der Waals surface area contributed by atoms with Gasteiger partial charge in [0, 0.05) is 0 Å². The van der Waals surface area contributed by atoms with E-state index in [0.717, 1.165) is 6.39 Å². The molecule has 2 rings (SSSR count). The Bertz CT molecular complexity index is 624. The first-order valence-electron chi connectivity index (χ1n) is 5.71. The molecule has 3 N–H and O–H groups in total. The molecule has 8 nitrogen and oxygen atoms in total. The monoisotopic (exact) mass is 276 g/mol. The number of hydrogen-bond acceptors (Lipinski definition) is 5. The van der Waals surface area contributed by atoms with Gasteiger partial charge in [-0.25, -0.2) is 9.59 Å². The highest BCUT2D eigenvalue weighted by Gasteiger charge is 2.14. The molecule has 1 heterocycles. The lowest BCUT2D eigenvalue weighted by Crippen LogP contribution is -2.29. The molecule has 8 heteroatoms. The highest BCUT2D eigenvalue weighted by molar-refractivity contribution is 6.01. The highest BCUT2D eigenvalue weighted by atomic mass is 16.5. The second-order valence-electron chi connectivity index (χ2n) is 3.96. The van der Waals surface area contributed by atoms with Crippen LogP contribution in [-0.2, 0) is 6.54 Å². The van der Waals surface area contributed by atoms with Crippen LogP contribution in [0.3, 0.4) is 0 Å². The minimum absolute atomic E-state index is 0.0576. The average Bonchev–Trinajstić information content (AvgIpc) is 2.89. The van der Waals surface area contributed by atoms with E-state index in [1.807, 2.05) is 0 Å². The number of carbonyl (C=O) groups excluding carboxylic acids is 1. The first kappa shape index (κ1) is 13.5. The molecule has 0 fully saturated rings. The molecule has 0 unspecified atom stereocenters. The van der Waals surface area contributed by atoms with Crippen molar-refractivity contribution in [3.05, 3.63) is 41.5 Å². The summed E-state index contributed by atoms with van der Waals surface area (Å²) in [6.07, 6.45) is 1.15. The predicted molar refractivity (Wildman–Crippen MR) is 68.3 cm³/mol. The minimum atomic E-state index is -1.10. The van der Waals surface area contributed by atoms with Crippen molar-refractivity contribution in [2.45, 2.75) is 13.5 Å². The molecule has 0 bridgehead atoms. The van der Waals surface area contributed by atoms with E-state index < -0.39 is 12.0 Å². The van der Waals surface area contributed by atoms with Gasteiger partial charge in [-0.05, 0) is 18.6 Å². The summed E-state index contributed by atoms with van der Waals surface area (Å²) in [4.78, 5) is 26.6. The van der Waals surface area contributed by atoms with Gasteiger partial charge in [0.1, 0.15) is 0 Å². The zero-order valence-electron chi connectivity index (χ0n) is 10.6. The maximum atomic E-state index is 11.7. The first-order valence-corrected chi connectivity index (χ1v) is 5.71. The van der Waals surface area contributed by atoms with Crippen LogP contribution in [0.5, 0.6) is 0 Å².